The summed E-state index contributed by atoms with van der Waals surface area (Å²) in [7, 11) is 0. The van der Waals surface area contributed by atoms with Crippen LogP contribution >= 0.6 is 23.5 Å². The van der Waals surface area contributed by atoms with Crippen LogP contribution in [-0.2, 0) is 4.79 Å². The van der Waals surface area contributed by atoms with Crippen molar-refractivity contribution in [1.29, 1.82) is 0 Å². The number of thioether (sulfide) groups is 2. The summed E-state index contributed by atoms with van der Waals surface area (Å²) >= 11 is 3.82. The Morgan fingerprint density at radius 3 is 2.23 bits per heavy atom. The zero-order valence-corrected chi connectivity index (χ0v) is 9.05. The van der Waals surface area contributed by atoms with Crippen LogP contribution < -0.4 is 10.6 Å². The summed E-state index contributed by atoms with van der Waals surface area (Å²) in [4.78, 5) is 11.3. The summed E-state index contributed by atoms with van der Waals surface area (Å²) in [5, 5.41) is 6.22. The van der Waals surface area contributed by atoms with Gasteiger partial charge >= 0.3 is 0 Å². The van der Waals surface area contributed by atoms with Gasteiger partial charge in [0, 0.05) is 35.1 Å². The van der Waals surface area contributed by atoms with Crippen molar-refractivity contribution >= 4 is 29.4 Å². The van der Waals surface area contributed by atoms with Crippen molar-refractivity contribution in [2.75, 3.05) is 29.6 Å². The van der Waals surface area contributed by atoms with Gasteiger partial charge in [-0.15, -0.1) is 0 Å². The van der Waals surface area contributed by atoms with Crippen molar-refractivity contribution in [3.63, 3.8) is 0 Å². The van der Waals surface area contributed by atoms with Crippen LogP contribution in [0.4, 0.5) is 0 Å². The van der Waals surface area contributed by atoms with E-state index in [4.69, 9.17) is 0 Å². The van der Waals surface area contributed by atoms with Crippen LogP contribution in [0.5, 0.6) is 0 Å². The van der Waals surface area contributed by atoms with E-state index in [0.717, 1.165) is 23.0 Å². The van der Waals surface area contributed by atoms with E-state index in [-0.39, 0.29) is 5.91 Å². The molecule has 2 saturated heterocycles. The molecule has 0 radical (unpaired) electrons. The lowest BCUT2D eigenvalue weighted by molar-refractivity contribution is -0.120. The molecule has 0 aromatic carbocycles. The van der Waals surface area contributed by atoms with Crippen LogP contribution in [-0.4, -0.2) is 47.5 Å². The van der Waals surface area contributed by atoms with Gasteiger partial charge in [0.15, 0.2) is 0 Å². The van der Waals surface area contributed by atoms with Gasteiger partial charge < -0.3 is 10.6 Å². The van der Waals surface area contributed by atoms with Crippen molar-refractivity contribution in [1.82, 2.24) is 10.6 Å². The number of hydrogen-bond acceptors (Lipinski definition) is 4. The van der Waals surface area contributed by atoms with Crippen molar-refractivity contribution in [2.24, 2.45) is 0 Å². The number of carbonyl (C=O) groups excluding carboxylic acids is 1. The van der Waals surface area contributed by atoms with Gasteiger partial charge in [-0.1, -0.05) is 0 Å². The number of amides is 1. The molecule has 5 heteroatoms. The molecular formula is C8H14N2OS2. The molecule has 0 spiro atoms. The molecule has 0 aromatic rings. The van der Waals surface area contributed by atoms with Crippen molar-refractivity contribution in [3.05, 3.63) is 0 Å². The topological polar surface area (TPSA) is 41.1 Å². The Labute approximate surface area is 86.8 Å². The summed E-state index contributed by atoms with van der Waals surface area (Å²) in [5.74, 6) is 4.65. The molecule has 0 bridgehead atoms. The molecular weight excluding hydrogens is 204 g/mol. The van der Waals surface area contributed by atoms with Gasteiger partial charge in [0.05, 0.1) is 6.54 Å². The minimum atomic E-state index is 0.155. The largest absolute Gasteiger partial charge is 0.351 e. The third kappa shape index (κ3) is 2.79. The molecule has 2 fully saturated rings. The van der Waals surface area contributed by atoms with E-state index in [1.54, 1.807) is 0 Å². The first-order valence-electron chi connectivity index (χ1n) is 4.53. The Kier molecular flexibility index (Phi) is 3.40. The molecule has 2 N–H and O–H groups in total. The number of nitrogens with one attached hydrogen (secondary N) is 2. The number of hydrogen-bond donors (Lipinski definition) is 2. The highest BCUT2D eigenvalue weighted by molar-refractivity contribution is 8.01. The SMILES string of the molecule is O=C(CNC1CSC1)NC1CSC1. The number of carbonyl (C=O) groups is 1. The van der Waals surface area contributed by atoms with Gasteiger partial charge in [-0.3, -0.25) is 4.79 Å². The van der Waals surface area contributed by atoms with Crippen LogP contribution in [0.1, 0.15) is 0 Å². The standard InChI is InChI=1S/C8H14N2OS2/c11-8(10-7-4-13-5-7)1-9-6-2-12-3-6/h6-7,9H,1-5H2,(H,10,11). The average molecular weight is 218 g/mol. The molecule has 2 aliphatic heterocycles. The Bertz CT molecular complexity index is 193. The second-order valence-electron chi connectivity index (χ2n) is 3.42. The van der Waals surface area contributed by atoms with Gasteiger partial charge in [0.2, 0.25) is 5.91 Å². The summed E-state index contributed by atoms with van der Waals surface area (Å²) in [6.07, 6.45) is 0. The quantitative estimate of drug-likeness (QED) is 0.693. The smallest absolute Gasteiger partial charge is 0.234 e. The fraction of sp³-hybridized carbons (Fsp3) is 0.875. The van der Waals surface area contributed by atoms with Crippen LogP contribution in [0.15, 0.2) is 0 Å². The highest BCUT2D eigenvalue weighted by Crippen LogP contribution is 2.17. The summed E-state index contributed by atoms with van der Waals surface area (Å²) in [6, 6.07) is 1.02. The maximum Gasteiger partial charge on any atom is 0.234 e. The first-order valence-corrected chi connectivity index (χ1v) is 6.84. The molecule has 0 aliphatic carbocycles. The van der Waals surface area contributed by atoms with Crippen molar-refractivity contribution in [3.8, 4) is 0 Å². The fourth-order valence-electron chi connectivity index (χ4n) is 1.19. The van der Waals surface area contributed by atoms with Gasteiger partial charge in [-0.25, -0.2) is 0 Å². The van der Waals surface area contributed by atoms with Crippen LogP contribution in [0.2, 0.25) is 0 Å². The molecule has 3 nitrogen and oxygen atoms in total. The maximum atomic E-state index is 11.3. The Morgan fingerprint density at radius 2 is 1.77 bits per heavy atom. The van der Waals surface area contributed by atoms with Gasteiger partial charge in [-0.2, -0.15) is 23.5 Å². The van der Waals surface area contributed by atoms with Gasteiger partial charge in [0.25, 0.3) is 0 Å². The Hall–Kier alpha value is 0.130. The van der Waals surface area contributed by atoms with E-state index >= 15 is 0 Å². The summed E-state index contributed by atoms with van der Waals surface area (Å²) < 4.78 is 0. The third-order valence-electron chi connectivity index (χ3n) is 2.19. The highest BCUT2D eigenvalue weighted by Gasteiger charge is 2.21. The molecule has 0 unspecified atom stereocenters. The predicted octanol–water partition coefficient (Wildman–Crippen LogP) is -0.0770. The first-order chi connectivity index (χ1) is 6.34. The van der Waals surface area contributed by atoms with E-state index in [9.17, 15) is 4.79 Å². The second kappa shape index (κ2) is 4.57. The molecule has 0 atom stereocenters. The molecule has 0 aromatic heterocycles. The second-order valence-corrected chi connectivity index (χ2v) is 5.57. The Morgan fingerprint density at radius 1 is 1.15 bits per heavy atom. The minimum Gasteiger partial charge on any atom is -0.351 e. The summed E-state index contributed by atoms with van der Waals surface area (Å²) in [6.45, 7) is 0.492. The van der Waals surface area contributed by atoms with Crippen LogP contribution in [0, 0.1) is 0 Å². The lowest BCUT2D eigenvalue weighted by Gasteiger charge is -2.28. The van der Waals surface area contributed by atoms with Crippen LogP contribution in [0.25, 0.3) is 0 Å². The van der Waals surface area contributed by atoms with E-state index in [0.29, 0.717) is 18.6 Å². The lowest BCUT2D eigenvalue weighted by atomic mass is 10.3. The minimum absolute atomic E-state index is 0.155. The van der Waals surface area contributed by atoms with E-state index < -0.39 is 0 Å². The molecule has 2 aliphatic rings. The predicted molar refractivity (Wildman–Crippen MR) is 58.4 cm³/mol. The monoisotopic (exact) mass is 218 g/mol. The van der Waals surface area contributed by atoms with E-state index in [1.807, 2.05) is 23.5 Å². The maximum absolute atomic E-state index is 11.3. The molecule has 2 heterocycles. The van der Waals surface area contributed by atoms with Gasteiger partial charge in [-0.05, 0) is 0 Å². The Balaban J connectivity index is 1.54. The molecule has 0 saturated carbocycles. The fourth-order valence-corrected chi connectivity index (χ4v) is 2.53. The summed E-state index contributed by atoms with van der Waals surface area (Å²) in [5.41, 5.74) is 0. The lowest BCUT2D eigenvalue weighted by Crippen LogP contribution is -2.50. The van der Waals surface area contributed by atoms with Gasteiger partial charge in [0.1, 0.15) is 0 Å². The molecule has 13 heavy (non-hydrogen) atoms. The molecule has 2 rings (SSSR count). The zero-order valence-electron chi connectivity index (χ0n) is 7.41. The van der Waals surface area contributed by atoms with Crippen LogP contribution in [0.3, 0.4) is 0 Å². The first kappa shape index (κ1) is 9.68. The highest BCUT2D eigenvalue weighted by atomic mass is 32.2. The third-order valence-corrected chi connectivity index (χ3v) is 4.74. The molecule has 1 amide bonds. The average Bonchev–Trinajstić information content (AvgIpc) is 1.94. The normalized spacial score (nSPS) is 23.4. The zero-order chi connectivity index (χ0) is 9.10. The van der Waals surface area contributed by atoms with E-state index in [1.165, 1.54) is 0 Å². The van der Waals surface area contributed by atoms with Crippen molar-refractivity contribution in [2.45, 2.75) is 12.1 Å². The van der Waals surface area contributed by atoms with Crippen molar-refractivity contribution < 1.29 is 4.79 Å². The number of rotatable bonds is 4. The molecule has 74 valence electrons. The van der Waals surface area contributed by atoms with E-state index in [2.05, 4.69) is 10.6 Å².